The molecule has 1 fully saturated rings. The van der Waals surface area contributed by atoms with Crippen LogP contribution in [0.3, 0.4) is 0 Å². The molecule has 1 aromatic rings. The first-order valence-electron chi connectivity index (χ1n) is 5.66. The minimum absolute atomic E-state index is 0.153. The molecule has 0 radical (unpaired) electrons. The molecule has 100 valence electrons. The van der Waals surface area contributed by atoms with Crippen molar-refractivity contribution in [2.45, 2.75) is 18.2 Å². The Hall–Kier alpha value is -0.680. The van der Waals surface area contributed by atoms with E-state index in [0.717, 1.165) is 9.64 Å². The van der Waals surface area contributed by atoms with Gasteiger partial charge in [0.15, 0.2) is 0 Å². The summed E-state index contributed by atoms with van der Waals surface area (Å²) in [5, 5.41) is 0. The van der Waals surface area contributed by atoms with Crippen LogP contribution in [0.1, 0.15) is 12.0 Å². The largest absolute Gasteiger partial charge is 0.317 e. The van der Waals surface area contributed by atoms with Gasteiger partial charge in [-0.05, 0) is 25.5 Å². The Morgan fingerprint density at radius 2 is 1.89 bits per heavy atom. The molecule has 1 aliphatic heterocycles. The monoisotopic (exact) mass is 289 g/mol. The van der Waals surface area contributed by atoms with E-state index in [1.54, 1.807) is 12.1 Å². The Bertz CT molecular complexity index is 582. The van der Waals surface area contributed by atoms with Gasteiger partial charge in [0.1, 0.15) is 0 Å². The van der Waals surface area contributed by atoms with Gasteiger partial charge in [0.2, 0.25) is 0 Å². The normalized spacial score (nSPS) is 26.1. The lowest BCUT2D eigenvalue weighted by Gasteiger charge is -2.31. The highest BCUT2D eigenvalue weighted by Gasteiger charge is 2.39. The molecule has 1 aliphatic rings. The summed E-state index contributed by atoms with van der Waals surface area (Å²) in [5.74, 6) is 0. The molecule has 0 saturated carbocycles. The van der Waals surface area contributed by atoms with E-state index in [4.69, 9.17) is 4.52 Å². The fourth-order valence-electron chi connectivity index (χ4n) is 1.83. The first kappa shape index (κ1) is 13.7. The average Bonchev–Trinajstić information content (AvgIpc) is 2.28. The zero-order valence-corrected chi connectivity index (χ0v) is 12.1. The van der Waals surface area contributed by atoms with Crippen molar-refractivity contribution in [2.75, 3.05) is 19.8 Å². The number of rotatable bonds is 2. The molecule has 0 N–H and O–H groups in total. The van der Waals surface area contributed by atoms with Crippen molar-refractivity contribution in [1.29, 1.82) is 0 Å². The predicted molar refractivity (Wildman–Crippen MR) is 69.2 cm³/mol. The highest BCUT2D eigenvalue weighted by Crippen LogP contribution is 2.52. The van der Waals surface area contributed by atoms with Crippen molar-refractivity contribution in [3.05, 3.63) is 29.8 Å². The van der Waals surface area contributed by atoms with Crippen molar-refractivity contribution in [2.24, 2.45) is 0 Å². The smallest absolute Gasteiger partial charge is 0.282 e. The van der Waals surface area contributed by atoms with Crippen LogP contribution in [0, 0.1) is 6.92 Å². The molecule has 1 unspecified atom stereocenters. The first-order chi connectivity index (χ1) is 8.34. The van der Waals surface area contributed by atoms with E-state index in [9.17, 15) is 13.0 Å². The lowest BCUT2D eigenvalue weighted by atomic mass is 10.2. The minimum Gasteiger partial charge on any atom is -0.317 e. The third-order valence-electron chi connectivity index (χ3n) is 2.83. The van der Waals surface area contributed by atoms with Gasteiger partial charge in [0.25, 0.3) is 17.5 Å². The zero-order valence-electron chi connectivity index (χ0n) is 10.4. The Kier molecular flexibility index (Phi) is 3.65. The Morgan fingerprint density at radius 3 is 2.44 bits per heavy atom. The van der Waals surface area contributed by atoms with Gasteiger partial charge in [-0.15, -0.1) is 4.08 Å². The molecule has 0 bridgehead atoms. The molecule has 5 nitrogen and oxygen atoms in total. The van der Waals surface area contributed by atoms with Crippen LogP contribution in [-0.2, 0) is 19.1 Å². The van der Waals surface area contributed by atoms with Gasteiger partial charge in [-0.25, -0.2) is 8.42 Å². The molecule has 18 heavy (non-hydrogen) atoms. The summed E-state index contributed by atoms with van der Waals surface area (Å²) in [6.45, 7) is 3.81. The lowest BCUT2D eigenvalue weighted by molar-refractivity contribution is 0.248. The molecule has 1 atom stereocenters. The number of hydrogen-bond donors (Lipinski definition) is 0. The number of aryl methyl sites for hydroxylation is 1. The zero-order chi connectivity index (χ0) is 13.4. The van der Waals surface area contributed by atoms with Crippen LogP contribution in [0.25, 0.3) is 0 Å². The van der Waals surface area contributed by atoms with Crippen molar-refractivity contribution in [1.82, 2.24) is 4.08 Å². The van der Waals surface area contributed by atoms with Crippen molar-refractivity contribution in [3.63, 3.8) is 0 Å². The van der Waals surface area contributed by atoms with Gasteiger partial charge in [-0.3, -0.25) is 4.57 Å². The predicted octanol–water partition coefficient (Wildman–Crippen LogP) is 2.23. The number of nitrogens with zero attached hydrogens (tertiary/aromatic N) is 1. The SMILES string of the molecule is Cc1ccc(S(=O)(=O)N2CCCOP2(C)=O)cc1. The highest BCUT2D eigenvalue weighted by molar-refractivity contribution is 7.94. The summed E-state index contributed by atoms with van der Waals surface area (Å²) >= 11 is 0. The maximum Gasteiger partial charge on any atom is 0.282 e. The third-order valence-corrected chi connectivity index (χ3v) is 7.64. The first-order valence-corrected chi connectivity index (χ1v) is 9.12. The Balaban J connectivity index is 2.42. The number of sulfonamides is 1. The average molecular weight is 289 g/mol. The molecule has 0 aliphatic carbocycles. The van der Waals surface area contributed by atoms with Crippen molar-refractivity contribution >= 4 is 17.5 Å². The summed E-state index contributed by atoms with van der Waals surface area (Å²) in [4.78, 5) is 0.153. The second-order valence-corrected chi connectivity index (χ2v) is 8.83. The Labute approximate surface area is 107 Å². The standard InChI is InChI=1S/C11H16NO4PS/c1-10-4-6-11(7-5-10)18(14,15)12-8-3-9-16-17(12,2)13/h4-7H,3,8-9H2,1-2H3. The maximum absolute atomic E-state index is 12.4. The quantitative estimate of drug-likeness (QED) is 0.783. The van der Waals surface area contributed by atoms with Gasteiger partial charge < -0.3 is 4.52 Å². The van der Waals surface area contributed by atoms with E-state index in [1.807, 2.05) is 6.92 Å². The molecular weight excluding hydrogens is 273 g/mol. The van der Waals surface area contributed by atoms with E-state index in [-0.39, 0.29) is 11.4 Å². The van der Waals surface area contributed by atoms with Crippen LogP contribution in [0.2, 0.25) is 0 Å². The van der Waals surface area contributed by atoms with Crippen LogP contribution in [0.5, 0.6) is 0 Å². The molecule has 0 amide bonds. The molecule has 0 spiro atoms. The molecular formula is C11H16NO4PS. The van der Waals surface area contributed by atoms with Gasteiger partial charge in [-0.2, -0.15) is 0 Å². The summed E-state index contributed by atoms with van der Waals surface area (Å²) in [6, 6.07) is 6.50. The second-order valence-electron chi connectivity index (χ2n) is 4.35. The summed E-state index contributed by atoms with van der Waals surface area (Å²) in [6.07, 6.45) is 0.558. The van der Waals surface area contributed by atoms with Crippen LogP contribution >= 0.6 is 7.52 Å². The molecule has 1 saturated heterocycles. The minimum atomic E-state index is -3.74. The van der Waals surface area contributed by atoms with E-state index in [2.05, 4.69) is 0 Å². The van der Waals surface area contributed by atoms with E-state index in [0.29, 0.717) is 13.0 Å². The lowest BCUT2D eigenvalue weighted by Crippen LogP contribution is -2.33. The van der Waals surface area contributed by atoms with Gasteiger partial charge in [0, 0.05) is 13.2 Å². The topological polar surface area (TPSA) is 63.7 Å². The van der Waals surface area contributed by atoms with Crippen LogP contribution in [0.15, 0.2) is 29.2 Å². The molecule has 0 aromatic heterocycles. The number of hydrogen-bond acceptors (Lipinski definition) is 4. The fourth-order valence-corrected chi connectivity index (χ4v) is 6.01. The van der Waals surface area contributed by atoms with Crippen LogP contribution < -0.4 is 0 Å². The highest BCUT2D eigenvalue weighted by atomic mass is 32.2. The fraction of sp³-hybridized carbons (Fsp3) is 0.455. The summed E-state index contributed by atoms with van der Waals surface area (Å²) in [7, 11) is -6.99. The summed E-state index contributed by atoms with van der Waals surface area (Å²) < 4.78 is 43.1. The molecule has 1 heterocycles. The Morgan fingerprint density at radius 1 is 1.28 bits per heavy atom. The van der Waals surface area contributed by atoms with E-state index < -0.39 is 17.5 Å². The van der Waals surface area contributed by atoms with Gasteiger partial charge >= 0.3 is 0 Å². The molecule has 7 heteroatoms. The number of benzene rings is 1. The summed E-state index contributed by atoms with van der Waals surface area (Å²) in [5.41, 5.74) is 0.975. The van der Waals surface area contributed by atoms with Crippen LogP contribution in [0.4, 0.5) is 0 Å². The van der Waals surface area contributed by atoms with E-state index >= 15 is 0 Å². The van der Waals surface area contributed by atoms with Gasteiger partial charge in [0.05, 0.1) is 11.5 Å². The van der Waals surface area contributed by atoms with Crippen molar-refractivity contribution in [3.8, 4) is 0 Å². The molecule has 1 aromatic carbocycles. The van der Waals surface area contributed by atoms with Crippen LogP contribution in [-0.4, -0.2) is 32.3 Å². The third kappa shape index (κ3) is 2.52. The second kappa shape index (κ2) is 4.78. The van der Waals surface area contributed by atoms with E-state index in [1.165, 1.54) is 18.8 Å². The maximum atomic E-state index is 12.4. The van der Waals surface area contributed by atoms with Crippen molar-refractivity contribution < 1.29 is 17.5 Å². The van der Waals surface area contributed by atoms with Gasteiger partial charge in [-0.1, -0.05) is 17.7 Å². The molecule has 2 rings (SSSR count).